The Labute approximate surface area is 93.9 Å². The van der Waals surface area contributed by atoms with Crippen molar-refractivity contribution in [3.63, 3.8) is 0 Å². The number of aromatic nitrogens is 3. The third kappa shape index (κ3) is 2.10. The van der Waals surface area contributed by atoms with Crippen LogP contribution >= 0.6 is 0 Å². The van der Waals surface area contributed by atoms with Crippen LogP contribution in [0.5, 0.6) is 0 Å². The lowest BCUT2D eigenvalue weighted by Crippen LogP contribution is -2.12. The molecule has 3 nitrogen and oxygen atoms in total. The van der Waals surface area contributed by atoms with E-state index in [1.807, 2.05) is 26.8 Å². The minimum Gasteiger partial charge on any atom is -0.207 e. The zero-order valence-electron chi connectivity index (χ0n) is 9.61. The summed E-state index contributed by atoms with van der Waals surface area (Å²) in [5.41, 5.74) is 1.49. The molecule has 2 rings (SSSR count). The molecule has 0 aliphatic carbocycles. The first-order valence-electron chi connectivity index (χ1n) is 5.14. The highest BCUT2D eigenvalue weighted by molar-refractivity contribution is 5.37. The molecular weight excluding hydrogens is 205 g/mol. The summed E-state index contributed by atoms with van der Waals surface area (Å²) in [6.45, 7) is 6.13. The van der Waals surface area contributed by atoms with Crippen LogP contribution in [0.4, 0.5) is 4.39 Å². The van der Waals surface area contributed by atoms with E-state index >= 15 is 0 Å². The second-order valence-corrected chi connectivity index (χ2v) is 4.77. The molecule has 1 aromatic heterocycles. The first-order valence-corrected chi connectivity index (χ1v) is 5.14. The molecule has 16 heavy (non-hydrogen) atoms. The van der Waals surface area contributed by atoms with Crippen molar-refractivity contribution in [3.8, 4) is 5.69 Å². The number of rotatable bonds is 1. The van der Waals surface area contributed by atoms with E-state index in [1.165, 1.54) is 10.9 Å². The van der Waals surface area contributed by atoms with Crippen LogP contribution < -0.4 is 0 Å². The van der Waals surface area contributed by atoms with Gasteiger partial charge in [-0.2, -0.15) is 15.0 Å². The maximum atomic E-state index is 13.5. The summed E-state index contributed by atoms with van der Waals surface area (Å²) in [4.78, 5) is 1.42. The number of hydrogen-bond acceptors (Lipinski definition) is 2. The SMILES string of the molecule is CC(C)(C)c1cc(F)cc(-n2nccn2)c1. The first-order chi connectivity index (χ1) is 7.47. The quantitative estimate of drug-likeness (QED) is 0.738. The Balaban J connectivity index is 2.53. The maximum Gasteiger partial charge on any atom is 0.125 e. The van der Waals surface area contributed by atoms with E-state index in [4.69, 9.17) is 0 Å². The Morgan fingerprint density at radius 1 is 1.06 bits per heavy atom. The molecule has 0 atom stereocenters. The van der Waals surface area contributed by atoms with Crippen molar-refractivity contribution >= 4 is 0 Å². The van der Waals surface area contributed by atoms with Crippen molar-refractivity contribution in [2.24, 2.45) is 0 Å². The molecule has 0 amide bonds. The van der Waals surface area contributed by atoms with Crippen LogP contribution in [0.25, 0.3) is 5.69 Å². The molecule has 0 saturated carbocycles. The lowest BCUT2D eigenvalue weighted by molar-refractivity contribution is 0.568. The Morgan fingerprint density at radius 3 is 2.25 bits per heavy atom. The predicted octanol–water partition coefficient (Wildman–Crippen LogP) is 2.70. The van der Waals surface area contributed by atoms with Gasteiger partial charge in [-0.1, -0.05) is 20.8 Å². The second kappa shape index (κ2) is 3.70. The van der Waals surface area contributed by atoms with Gasteiger partial charge in [-0.25, -0.2) is 4.39 Å². The number of benzene rings is 1. The second-order valence-electron chi connectivity index (χ2n) is 4.77. The lowest BCUT2D eigenvalue weighted by Gasteiger charge is -2.19. The first kappa shape index (κ1) is 10.8. The predicted molar refractivity (Wildman–Crippen MR) is 60.0 cm³/mol. The Morgan fingerprint density at radius 2 is 1.69 bits per heavy atom. The molecular formula is C12H14FN3. The van der Waals surface area contributed by atoms with Crippen molar-refractivity contribution in [3.05, 3.63) is 42.0 Å². The minimum atomic E-state index is -0.264. The van der Waals surface area contributed by atoms with Gasteiger partial charge in [0.1, 0.15) is 5.82 Å². The third-order valence-corrected chi connectivity index (χ3v) is 2.40. The van der Waals surface area contributed by atoms with E-state index < -0.39 is 0 Å². The molecule has 4 heteroatoms. The van der Waals surface area contributed by atoms with E-state index in [9.17, 15) is 4.39 Å². The molecule has 84 valence electrons. The van der Waals surface area contributed by atoms with Crippen LogP contribution in [0, 0.1) is 5.82 Å². The summed E-state index contributed by atoms with van der Waals surface area (Å²) in [5.74, 6) is -0.264. The molecule has 0 aliphatic heterocycles. The van der Waals surface area contributed by atoms with Crippen LogP contribution in [0.15, 0.2) is 30.6 Å². The van der Waals surface area contributed by atoms with Crippen LogP contribution in [0.2, 0.25) is 0 Å². The molecule has 0 N–H and O–H groups in total. The zero-order chi connectivity index (χ0) is 11.8. The van der Waals surface area contributed by atoms with E-state index in [0.717, 1.165) is 5.56 Å². The van der Waals surface area contributed by atoms with Gasteiger partial charge in [-0.15, -0.1) is 0 Å². The van der Waals surface area contributed by atoms with E-state index in [1.54, 1.807) is 18.5 Å². The van der Waals surface area contributed by atoms with Gasteiger partial charge < -0.3 is 0 Å². The molecule has 0 unspecified atom stereocenters. The smallest absolute Gasteiger partial charge is 0.125 e. The van der Waals surface area contributed by atoms with E-state index in [2.05, 4.69) is 10.2 Å². The Hall–Kier alpha value is -1.71. The largest absolute Gasteiger partial charge is 0.207 e. The van der Waals surface area contributed by atoms with Crippen LogP contribution in [-0.2, 0) is 5.41 Å². The molecule has 0 spiro atoms. The molecule has 0 aliphatic rings. The van der Waals surface area contributed by atoms with E-state index in [0.29, 0.717) is 5.69 Å². The monoisotopic (exact) mass is 219 g/mol. The Bertz CT molecular complexity index is 483. The number of hydrogen-bond donors (Lipinski definition) is 0. The van der Waals surface area contributed by atoms with Crippen molar-refractivity contribution in [2.75, 3.05) is 0 Å². The molecule has 0 saturated heterocycles. The fourth-order valence-electron chi connectivity index (χ4n) is 1.47. The van der Waals surface area contributed by atoms with E-state index in [-0.39, 0.29) is 11.2 Å². The molecule has 0 bridgehead atoms. The fourth-order valence-corrected chi connectivity index (χ4v) is 1.47. The van der Waals surface area contributed by atoms with Gasteiger partial charge in [-0.05, 0) is 23.1 Å². The van der Waals surface area contributed by atoms with Gasteiger partial charge >= 0.3 is 0 Å². The van der Waals surface area contributed by atoms with Gasteiger partial charge in [0, 0.05) is 6.07 Å². The van der Waals surface area contributed by atoms with Crippen LogP contribution in [0.3, 0.4) is 0 Å². The average molecular weight is 219 g/mol. The lowest BCUT2D eigenvalue weighted by atomic mass is 9.87. The van der Waals surface area contributed by atoms with Crippen LogP contribution in [-0.4, -0.2) is 15.0 Å². The Kier molecular flexibility index (Phi) is 2.50. The summed E-state index contributed by atoms with van der Waals surface area (Å²) in [6.07, 6.45) is 3.14. The summed E-state index contributed by atoms with van der Waals surface area (Å²) in [5, 5.41) is 7.98. The van der Waals surface area contributed by atoms with Crippen molar-refractivity contribution in [2.45, 2.75) is 26.2 Å². The van der Waals surface area contributed by atoms with Crippen molar-refractivity contribution in [1.29, 1.82) is 0 Å². The fraction of sp³-hybridized carbons (Fsp3) is 0.333. The molecule has 0 radical (unpaired) electrons. The molecule has 0 fully saturated rings. The number of halogens is 1. The maximum absolute atomic E-state index is 13.5. The average Bonchev–Trinajstić information content (AvgIpc) is 2.68. The minimum absolute atomic E-state index is 0.0933. The van der Waals surface area contributed by atoms with Gasteiger partial charge in [0.15, 0.2) is 0 Å². The van der Waals surface area contributed by atoms with Gasteiger partial charge in [0.2, 0.25) is 0 Å². The van der Waals surface area contributed by atoms with Gasteiger partial charge in [0.05, 0.1) is 18.1 Å². The van der Waals surface area contributed by atoms with Crippen molar-refractivity contribution < 1.29 is 4.39 Å². The highest BCUT2D eigenvalue weighted by Crippen LogP contribution is 2.25. The zero-order valence-corrected chi connectivity index (χ0v) is 9.61. The number of nitrogens with zero attached hydrogens (tertiary/aromatic N) is 3. The van der Waals surface area contributed by atoms with Crippen LogP contribution in [0.1, 0.15) is 26.3 Å². The van der Waals surface area contributed by atoms with Gasteiger partial charge in [0.25, 0.3) is 0 Å². The summed E-state index contributed by atoms with van der Waals surface area (Å²) >= 11 is 0. The summed E-state index contributed by atoms with van der Waals surface area (Å²) in [7, 11) is 0. The normalized spacial score (nSPS) is 11.8. The third-order valence-electron chi connectivity index (χ3n) is 2.40. The highest BCUT2D eigenvalue weighted by atomic mass is 19.1. The van der Waals surface area contributed by atoms with Gasteiger partial charge in [-0.3, -0.25) is 0 Å². The summed E-state index contributed by atoms with van der Waals surface area (Å²) in [6, 6.07) is 4.88. The molecule has 1 aromatic carbocycles. The van der Waals surface area contributed by atoms with Crippen molar-refractivity contribution in [1.82, 2.24) is 15.0 Å². The topological polar surface area (TPSA) is 30.7 Å². The standard InChI is InChI=1S/C12H14FN3/c1-12(2,3)9-6-10(13)8-11(7-9)16-14-4-5-15-16/h4-8H,1-3H3. The molecule has 2 aromatic rings. The molecule has 1 heterocycles. The summed E-state index contributed by atoms with van der Waals surface area (Å²) < 4.78 is 13.5. The highest BCUT2D eigenvalue weighted by Gasteiger charge is 2.16.